The highest BCUT2D eigenvalue weighted by Crippen LogP contribution is 2.75. The molecule has 1 aromatic carbocycles. The standard InChI is InChI=1S/C32H41NO6/c1-16(2)13-23-37-24-26(28(3,4)38-23)36-22-11-12-29(5)30(6)17(15-21(34)32(29,35)31(22)27(24)39-31)14-19-18-9-7-8-10-20(18)33-25(19)30/h7-10,13,17,21-24,26-27,33-35H,11-12,14-15H2,1-6H3/t17?,21?,22?,23-,24+,26-,27-,29+,30+,31-,32-/m0/s1. The number of nitrogens with one attached hydrogen (secondary N) is 1. The van der Waals surface area contributed by atoms with Gasteiger partial charge in [-0.1, -0.05) is 37.6 Å². The van der Waals surface area contributed by atoms with Crippen LogP contribution in [0.1, 0.15) is 72.1 Å². The summed E-state index contributed by atoms with van der Waals surface area (Å²) < 4.78 is 26.3. The van der Waals surface area contributed by atoms with Gasteiger partial charge in [0.15, 0.2) is 11.9 Å². The molecule has 11 atom stereocenters. The number of benzene rings is 1. The first-order valence-electron chi connectivity index (χ1n) is 14.7. The van der Waals surface area contributed by atoms with Crippen LogP contribution in [0.15, 0.2) is 35.9 Å². The van der Waals surface area contributed by atoms with Gasteiger partial charge in [-0.05, 0) is 77.0 Å². The number of hydrogen-bond donors (Lipinski definition) is 3. The van der Waals surface area contributed by atoms with E-state index in [1.165, 1.54) is 16.6 Å². The SMILES string of the molecule is CC(C)=C[C@H]1O[C@@H]2[C@H](OC3CC[C@@]4(C)[C@@](O)(C(O)CC5Cc6c([nH]c7ccccc67)[C@@]54C)[C@]34O[C@@H]24)C(C)(C)O1. The van der Waals surface area contributed by atoms with Gasteiger partial charge in [-0.3, -0.25) is 0 Å². The zero-order valence-electron chi connectivity index (χ0n) is 23.8. The van der Waals surface area contributed by atoms with Crippen LogP contribution in [0.5, 0.6) is 0 Å². The number of hydrogen-bond acceptors (Lipinski definition) is 6. The lowest BCUT2D eigenvalue weighted by Gasteiger charge is -2.68. The monoisotopic (exact) mass is 535 g/mol. The molecule has 6 aliphatic rings. The summed E-state index contributed by atoms with van der Waals surface area (Å²) in [5.74, 6) is 0.228. The number of ether oxygens (including phenoxy) is 4. The highest BCUT2D eigenvalue weighted by Gasteiger charge is 2.89. The smallest absolute Gasteiger partial charge is 0.178 e. The van der Waals surface area contributed by atoms with E-state index in [1.54, 1.807) is 0 Å². The Labute approximate surface area is 229 Å². The fourth-order valence-electron chi connectivity index (χ4n) is 10.0. The number of aliphatic hydroxyl groups excluding tert-OH is 1. The van der Waals surface area contributed by atoms with Crippen LogP contribution in [0.25, 0.3) is 10.9 Å². The summed E-state index contributed by atoms with van der Waals surface area (Å²) in [7, 11) is 0. The Morgan fingerprint density at radius 1 is 1.05 bits per heavy atom. The van der Waals surface area contributed by atoms with Crippen molar-refractivity contribution in [2.75, 3.05) is 0 Å². The van der Waals surface area contributed by atoms with Gasteiger partial charge in [0.2, 0.25) is 0 Å². The number of aromatic nitrogens is 1. The lowest BCUT2D eigenvalue weighted by Crippen LogP contribution is -2.81. The average Bonchev–Trinajstić information content (AvgIpc) is 3.45. The number of allylic oxidation sites excluding steroid dienone is 1. The number of H-pyrrole nitrogens is 1. The van der Waals surface area contributed by atoms with Gasteiger partial charge in [0.1, 0.15) is 23.9 Å². The Hall–Kier alpha value is -1.74. The van der Waals surface area contributed by atoms with E-state index >= 15 is 0 Å². The molecule has 7 heteroatoms. The Kier molecular flexibility index (Phi) is 4.72. The van der Waals surface area contributed by atoms with E-state index in [2.05, 4.69) is 43.1 Å². The molecule has 3 unspecified atom stereocenters. The number of aliphatic hydroxyl groups is 2. The van der Waals surface area contributed by atoms with E-state index in [0.29, 0.717) is 6.42 Å². The van der Waals surface area contributed by atoms with Gasteiger partial charge < -0.3 is 34.1 Å². The number of fused-ring (bicyclic) bond motifs is 9. The van der Waals surface area contributed by atoms with E-state index in [0.717, 1.165) is 30.4 Å². The van der Waals surface area contributed by atoms with Gasteiger partial charge >= 0.3 is 0 Å². The summed E-state index contributed by atoms with van der Waals surface area (Å²) in [6.45, 7) is 12.7. The predicted molar refractivity (Wildman–Crippen MR) is 145 cm³/mol. The Morgan fingerprint density at radius 2 is 1.82 bits per heavy atom. The van der Waals surface area contributed by atoms with E-state index in [1.807, 2.05) is 33.8 Å². The molecule has 5 fully saturated rings. The van der Waals surface area contributed by atoms with Crippen molar-refractivity contribution in [1.82, 2.24) is 4.98 Å². The summed E-state index contributed by atoms with van der Waals surface area (Å²) in [4.78, 5) is 3.77. The summed E-state index contributed by atoms with van der Waals surface area (Å²) in [6.07, 6.45) is 2.00. The molecule has 3 saturated heterocycles. The van der Waals surface area contributed by atoms with Crippen molar-refractivity contribution >= 4 is 10.9 Å². The van der Waals surface area contributed by atoms with Gasteiger partial charge in [-0.25, -0.2) is 0 Å². The minimum absolute atomic E-state index is 0.228. The highest BCUT2D eigenvalue weighted by molar-refractivity contribution is 5.86. The second-order valence-electron chi connectivity index (χ2n) is 14.3. The Morgan fingerprint density at radius 3 is 2.59 bits per heavy atom. The third kappa shape index (κ3) is 2.67. The maximum atomic E-state index is 13.1. The van der Waals surface area contributed by atoms with Crippen LogP contribution in [-0.4, -0.2) is 68.8 Å². The molecule has 0 amide bonds. The summed E-state index contributed by atoms with van der Waals surface area (Å²) in [5, 5.41) is 26.3. The van der Waals surface area contributed by atoms with Crippen molar-refractivity contribution in [3.8, 4) is 0 Å². The molecule has 3 aliphatic heterocycles. The first-order chi connectivity index (χ1) is 18.4. The molecule has 39 heavy (non-hydrogen) atoms. The van der Waals surface area contributed by atoms with Crippen molar-refractivity contribution in [3.05, 3.63) is 47.2 Å². The van der Waals surface area contributed by atoms with Gasteiger partial charge in [0.05, 0.1) is 17.8 Å². The lowest BCUT2D eigenvalue weighted by molar-refractivity contribution is -0.351. The average molecular weight is 536 g/mol. The molecular formula is C32H41NO6. The van der Waals surface area contributed by atoms with Crippen LogP contribution in [0, 0.1) is 11.3 Å². The number of epoxide rings is 1. The third-order valence-electron chi connectivity index (χ3n) is 12.0. The molecule has 210 valence electrons. The second kappa shape index (κ2) is 7.36. The molecule has 3 N–H and O–H groups in total. The first kappa shape index (κ1) is 25.0. The fourth-order valence-corrected chi connectivity index (χ4v) is 10.0. The molecule has 3 aliphatic carbocycles. The molecule has 1 aromatic heterocycles. The normalized spacial score (nSPS) is 50.6. The van der Waals surface area contributed by atoms with Crippen LogP contribution in [0.4, 0.5) is 0 Å². The summed E-state index contributed by atoms with van der Waals surface area (Å²) in [6, 6.07) is 8.48. The van der Waals surface area contributed by atoms with Crippen molar-refractivity contribution in [2.45, 2.75) is 126 Å². The van der Waals surface area contributed by atoms with Gasteiger partial charge in [-0.15, -0.1) is 0 Å². The molecule has 2 saturated carbocycles. The molecular weight excluding hydrogens is 494 g/mol. The number of aromatic amines is 1. The minimum atomic E-state index is -1.50. The first-order valence-corrected chi connectivity index (χ1v) is 14.7. The van der Waals surface area contributed by atoms with Crippen molar-refractivity contribution in [3.63, 3.8) is 0 Å². The van der Waals surface area contributed by atoms with Crippen LogP contribution >= 0.6 is 0 Å². The predicted octanol–water partition coefficient (Wildman–Crippen LogP) is 4.29. The molecule has 0 bridgehead atoms. The topological polar surface area (TPSA) is 96.5 Å². The quantitative estimate of drug-likeness (QED) is 0.373. The zero-order valence-corrected chi connectivity index (χ0v) is 23.8. The minimum Gasteiger partial charge on any atom is -0.390 e. The van der Waals surface area contributed by atoms with Gasteiger partial charge in [0.25, 0.3) is 0 Å². The number of rotatable bonds is 1. The maximum Gasteiger partial charge on any atom is 0.178 e. The zero-order chi connectivity index (χ0) is 27.3. The number of para-hydroxylation sites is 1. The van der Waals surface area contributed by atoms with Crippen LogP contribution in [0.3, 0.4) is 0 Å². The Bertz CT molecular complexity index is 1410. The fraction of sp³-hybridized carbons (Fsp3) is 0.688. The summed E-state index contributed by atoms with van der Waals surface area (Å²) >= 11 is 0. The van der Waals surface area contributed by atoms with Crippen molar-refractivity contribution in [2.24, 2.45) is 11.3 Å². The van der Waals surface area contributed by atoms with Crippen LogP contribution in [-0.2, 0) is 30.8 Å². The summed E-state index contributed by atoms with van der Waals surface area (Å²) in [5.41, 5.74) is 0.688. The largest absolute Gasteiger partial charge is 0.390 e. The molecule has 2 aromatic rings. The highest BCUT2D eigenvalue weighted by atomic mass is 16.8. The molecule has 7 nitrogen and oxygen atoms in total. The maximum absolute atomic E-state index is 13.1. The Balaban J connectivity index is 1.25. The second-order valence-corrected chi connectivity index (χ2v) is 14.3. The van der Waals surface area contributed by atoms with Crippen LogP contribution < -0.4 is 0 Å². The molecule has 8 rings (SSSR count). The molecule has 4 heterocycles. The van der Waals surface area contributed by atoms with E-state index in [4.69, 9.17) is 18.9 Å². The van der Waals surface area contributed by atoms with Crippen molar-refractivity contribution in [1.29, 1.82) is 0 Å². The van der Waals surface area contributed by atoms with E-state index < -0.39 is 40.7 Å². The molecule has 0 radical (unpaired) electrons. The third-order valence-corrected chi connectivity index (χ3v) is 12.0. The van der Waals surface area contributed by atoms with Gasteiger partial charge in [-0.2, -0.15) is 0 Å². The van der Waals surface area contributed by atoms with Crippen LogP contribution in [0.2, 0.25) is 0 Å². The lowest BCUT2D eigenvalue weighted by atomic mass is 9.40. The van der Waals surface area contributed by atoms with E-state index in [9.17, 15) is 10.2 Å². The van der Waals surface area contributed by atoms with E-state index in [-0.39, 0.29) is 29.6 Å². The van der Waals surface area contributed by atoms with Gasteiger partial charge in [0, 0.05) is 27.4 Å². The molecule has 1 spiro atoms. The van der Waals surface area contributed by atoms with Crippen molar-refractivity contribution < 1.29 is 29.2 Å².